The minimum absolute atomic E-state index is 0.0691. The molecule has 0 saturated heterocycles. The van der Waals surface area contributed by atoms with Crippen LogP contribution in [0, 0.1) is 0 Å². The summed E-state index contributed by atoms with van der Waals surface area (Å²) in [5.74, 6) is -0.490. The number of rotatable bonds is 3. The van der Waals surface area contributed by atoms with Gasteiger partial charge in [-0.2, -0.15) is 26.3 Å². The molecule has 0 atom stereocenters. The van der Waals surface area contributed by atoms with Crippen LogP contribution in [-0.4, -0.2) is 23.2 Å². The van der Waals surface area contributed by atoms with Crippen LogP contribution >= 0.6 is 0 Å². The highest BCUT2D eigenvalue weighted by Gasteiger charge is 2.73. The smallest absolute Gasteiger partial charge is 0.435 e. The topological polar surface area (TPSA) is 55.1 Å². The molecule has 0 bridgehead atoms. The van der Waals surface area contributed by atoms with Crippen LogP contribution in [0.3, 0.4) is 0 Å². The highest BCUT2D eigenvalue weighted by molar-refractivity contribution is 5.89. The van der Waals surface area contributed by atoms with Crippen molar-refractivity contribution in [3.8, 4) is 11.5 Å². The molecule has 1 aromatic heterocycles. The molecule has 0 spiro atoms. The second-order valence-corrected chi connectivity index (χ2v) is 6.12. The predicted molar refractivity (Wildman–Crippen MR) is 88.6 cm³/mol. The third-order valence-corrected chi connectivity index (χ3v) is 4.00. The number of benzene rings is 2. The standard InChI is InChI=1S/C18H11F7N2O2/c1-9(28)26-12-4-2-3-10(7-12)15-27-13-6-5-11(8-14(13)29-15)16(19,17(20,21)22)18(23,24)25/h2-8H,1H3,(H,26,28). The maximum absolute atomic E-state index is 14.2. The lowest BCUT2D eigenvalue weighted by molar-refractivity contribution is -0.348. The number of fused-ring (bicyclic) bond motifs is 1. The third-order valence-electron chi connectivity index (χ3n) is 4.00. The maximum atomic E-state index is 14.2. The number of hydrogen-bond acceptors (Lipinski definition) is 3. The van der Waals surface area contributed by atoms with Gasteiger partial charge in [-0.05, 0) is 30.3 Å². The molecule has 0 aliphatic heterocycles. The predicted octanol–water partition coefficient (Wildman–Crippen LogP) is 5.74. The molecule has 3 rings (SSSR count). The van der Waals surface area contributed by atoms with E-state index < -0.39 is 29.2 Å². The van der Waals surface area contributed by atoms with E-state index in [0.29, 0.717) is 23.4 Å². The van der Waals surface area contributed by atoms with Crippen LogP contribution in [0.4, 0.5) is 36.4 Å². The molecular weight excluding hydrogens is 409 g/mol. The van der Waals surface area contributed by atoms with E-state index in [4.69, 9.17) is 4.42 Å². The number of carbonyl (C=O) groups is 1. The van der Waals surface area contributed by atoms with Crippen molar-refractivity contribution in [2.45, 2.75) is 24.9 Å². The monoisotopic (exact) mass is 420 g/mol. The molecule has 0 fully saturated rings. The quantitative estimate of drug-likeness (QED) is 0.550. The summed E-state index contributed by atoms with van der Waals surface area (Å²) >= 11 is 0. The van der Waals surface area contributed by atoms with Crippen molar-refractivity contribution < 1.29 is 39.9 Å². The number of aromatic nitrogens is 1. The number of amides is 1. The van der Waals surface area contributed by atoms with E-state index in [1.165, 1.54) is 25.1 Å². The number of hydrogen-bond donors (Lipinski definition) is 1. The fourth-order valence-electron chi connectivity index (χ4n) is 2.68. The van der Waals surface area contributed by atoms with Crippen LogP contribution in [0.1, 0.15) is 12.5 Å². The molecule has 154 valence electrons. The number of carbonyl (C=O) groups excluding carboxylic acids is 1. The molecule has 11 heteroatoms. The van der Waals surface area contributed by atoms with Crippen molar-refractivity contribution in [3.05, 3.63) is 48.0 Å². The van der Waals surface area contributed by atoms with Crippen LogP contribution in [-0.2, 0) is 10.5 Å². The molecule has 4 nitrogen and oxygen atoms in total. The molecular formula is C18H11F7N2O2. The molecule has 0 aliphatic rings. The molecule has 3 aromatic rings. The van der Waals surface area contributed by atoms with Gasteiger partial charge in [0.15, 0.2) is 5.58 Å². The number of anilines is 1. The first-order chi connectivity index (χ1) is 13.3. The van der Waals surface area contributed by atoms with Gasteiger partial charge in [0.2, 0.25) is 11.8 Å². The summed E-state index contributed by atoms with van der Waals surface area (Å²) in [4.78, 5) is 15.1. The van der Waals surface area contributed by atoms with Crippen molar-refractivity contribution in [1.82, 2.24) is 4.98 Å². The van der Waals surface area contributed by atoms with Crippen LogP contribution in [0.15, 0.2) is 46.9 Å². The normalized spacial score (nSPS) is 13.0. The van der Waals surface area contributed by atoms with Gasteiger partial charge in [-0.3, -0.25) is 4.79 Å². The average Bonchev–Trinajstić information content (AvgIpc) is 3.02. The van der Waals surface area contributed by atoms with Crippen LogP contribution in [0.25, 0.3) is 22.6 Å². The molecule has 29 heavy (non-hydrogen) atoms. The van der Waals surface area contributed by atoms with Gasteiger partial charge >= 0.3 is 18.0 Å². The minimum atomic E-state index is -6.23. The Morgan fingerprint density at radius 2 is 1.62 bits per heavy atom. The first-order valence-electron chi connectivity index (χ1n) is 7.94. The van der Waals surface area contributed by atoms with Gasteiger partial charge < -0.3 is 9.73 Å². The molecule has 1 N–H and O–H groups in total. The number of nitrogens with zero attached hydrogens (tertiary/aromatic N) is 1. The van der Waals surface area contributed by atoms with Gasteiger partial charge in [-0.15, -0.1) is 0 Å². The Labute approximate surface area is 158 Å². The molecule has 0 aliphatic carbocycles. The van der Waals surface area contributed by atoms with Crippen molar-refractivity contribution in [3.63, 3.8) is 0 Å². The van der Waals surface area contributed by atoms with E-state index in [1.54, 1.807) is 6.07 Å². The van der Waals surface area contributed by atoms with E-state index in [2.05, 4.69) is 10.3 Å². The number of nitrogens with one attached hydrogen (secondary N) is 1. The second kappa shape index (κ2) is 6.75. The van der Waals surface area contributed by atoms with Crippen molar-refractivity contribution >= 4 is 22.7 Å². The van der Waals surface area contributed by atoms with Gasteiger partial charge in [0.05, 0.1) is 0 Å². The lowest BCUT2D eigenvalue weighted by atomic mass is 9.94. The number of halogens is 7. The van der Waals surface area contributed by atoms with Crippen LogP contribution in [0.2, 0.25) is 0 Å². The Kier molecular flexibility index (Phi) is 4.80. The summed E-state index contributed by atoms with van der Waals surface area (Å²) < 4.78 is 97.0. The Morgan fingerprint density at radius 3 is 2.21 bits per heavy atom. The van der Waals surface area contributed by atoms with E-state index in [0.717, 1.165) is 6.07 Å². The summed E-state index contributed by atoms with van der Waals surface area (Å²) in [6, 6.07) is 7.52. The minimum Gasteiger partial charge on any atom is -0.436 e. The fourth-order valence-corrected chi connectivity index (χ4v) is 2.68. The Bertz CT molecular complexity index is 1060. The average molecular weight is 420 g/mol. The van der Waals surface area contributed by atoms with Gasteiger partial charge in [-0.1, -0.05) is 12.1 Å². The lowest BCUT2D eigenvalue weighted by Crippen LogP contribution is -2.50. The summed E-state index contributed by atoms with van der Waals surface area (Å²) in [6.45, 7) is 1.28. The zero-order valence-electron chi connectivity index (χ0n) is 14.5. The summed E-state index contributed by atoms with van der Waals surface area (Å²) in [5.41, 5.74) is -7.09. The number of oxazole rings is 1. The van der Waals surface area contributed by atoms with E-state index >= 15 is 0 Å². The molecule has 0 radical (unpaired) electrons. The molecule has 1 heterocycles. The SMILES string of the molecule is CC(=O)Nc1cccc(-c2nc3ccc(C(F)(C(F)(F)F)C(F)(F)F)cc3o2)c1. The fraction of sp³-hybridized carbons (Fsp3) is 0.222. The van der Waals surface area contributed by atoms with Gasteiger partial charge in [0, 0.05) is 23.7 Å². The Morgan fingerprint density at radius 1 is 0.966 bits per heavy atom. The highest BCUT2D eigenvalue weighted by atomic mass is 19.4. The van der Waals surface area contributed by atoms with Crippen LogP contribution < -0.4 is 5.32 Å². The largest absolute Gasteiger partial charge is 0.436 e. The Balaban J connectivity index is 2.09. The Hall–Kier alpha value is -3.11. The summed E-state index contributed by atoms with van der Waals surface area (Å²) in [6.07, 6.45) is -12.5. The zero-order chi connectivity index (χ0) is 21.6. The first kappa shape index (κ1) is 20.6. The molecule has 2 aromatic carbocycles. The second-order valence-electron chi connectivity index (χ2n) is 6.12. The molecule has 1 amide bonds. The van der Waals surface area contributed by atoms with E-state index in [-0.39, 0.29) is 17.3 Å². The zero-order valence-corrected chi connectivity index (χ0v) is 14.5. The highest BCUT2D eigenvalue weighted by Crippen LogP contribution is 2.53. The molecule has 0 saturated carbocycles. The van der Waals surface area contributed by atoms with Gasteiger partial charge in [0.25, 0.3) is 0 Å². The number of alkyl halides is 7. The van der Waals surface area contributed by atoms with Crippen LogP contribution in [0.5, 0.6) is 0 Å². The van der Waals surface area contributed by atoms with Crippen molar-refractivity contribution in [1.29, 1.82) is 0 Å². The van der Waals surface area contributed by atoms with E-state index in [9.17, 15) is 35.5 Å². The lowest BCUT2D eigenvalue weighted by Gasteiger charge is -2.30. The first-order valence-corrected chi connectivity index (χ1v) is 7.94. The third kappa shape index (κ3) is 3.64. The van der Waals surface area contributed by atoms with Crippen molar-refractivity contribution in [2.75, 3.05) is 5.32 Å². The van der Waals surface area contributed by atoms with Crippen molar-refractivity contribution in [2.24, 2.45) is 0 Å². The maximum Gasteiger partial charge on any atom is 0.435 e. The molecule has 0 unspecified atom stereocenters. The summed E-state index contributed by atoms with van der Waals surface area (Å²) in [5, 5.41) is 2.50. The van der Waals surface area contributed by atoms with Gasteiger partial charge in [-0.25, -0.2) is 9.37 Å². The summed E-state index contributed by atoms with van der Waals surface area (Å²) in [7, 11) is 0. The van der Waals surface area contributed by atoms with E-state index in [1.807, 2.05) is 0 Å². The van der Waals surface area contributed by atoms with Gasteiger partial charge in [0.1, 0.15) is 5.52 Å².